The van der Waals surface area contributed by atoms with Crippen LogP contribution in [0.3, 0.4) is 0 Å². The van der Waals surface area contributed by atoms with Crippen LogP contribution >= 0.6 is 0 Å². The number of nitrogens with one attached hydrogen (secondary N) is 1. The van der Waals surface area contributed by atoms with Crippen molar-refractivity contribution in [3.63, 3.8) is 0 Å². The van der Waals surface area contributed by atoms with Crippen LogP contribution in [0.15, 0.2) is 24.3 Å². The minimum atomic E-state index is 0.0832. The van der Waals surface area contributed by atoms with Crippen LogP contribution in [0.2, 0.25) is 0 Å². The van der Waals surface area contributed by atoms with Crippen molar-refractivity contribution < 1.29 is 4.74 Å². The number of rotatable bonds is 5. The number of hydrogen-bond donors (Lipinski definition) is 2. The molecule has 0 spiro atoms. The minimum Gasteiger partial charge on any atom is -0.497 e. The number of hydrazine groups is 1. The highest BCUT2D eigenvalue weighted by Gasteiger charge is 2.41. The zero-order valence-corrected chi connectivity index (χ0v) is 13.6. The van der Waals surface area contributed by atoms with E-state index >= 15 is 0 Å². The van der Waals surface area contributed by atoms with Gasteiger partial charge in [-0.3, -0.25) is 11.3 Å². The molecule has 1 aromatic carbocycles. The SMILES string of the molecule is COc1ccc(C(NN)C2(N(C)C)CCCCCC2)cc1. The van der Waals surface area contributed by atoms with Gasteiger partial charge in [0.05, 0.1) is 13.2 Å². The summed E-state index contributed by atoms with van der Waals surface area (Å²) in [5, 5.41) is 0. The van der Waals surface area contributed by atoms with Crippen molar-refractivity contribution in [3.8, 4) is 5.75 Å². The Bertz CT molecular complexity index is 422. The van der Waals surface area contributed by atoms with Gasteiger partial charge in [0.2, 0.25) is 0 Å². The van der Waals surface area contributed by atoms with Gasteiger partial charge in [-0.05, 0) is 44.6 Å². The third-order valence-electron chi connectivity index (χ3n) is 5.01. The van der Waals surface area contributed by atoms with Crippen molar-refractivity contribution in [3.05, 3.63) is 29.8 Å². The van der Waals surface area contributed by atoms with E-state index in [1.807, 2.05) is 12.1 Å². The van der Waals surface area contributed by atoms with Gasteiger partial charge in [-0.25, -0.2) is 0 Å². The molecular weight excluding hydrogens is 262 g/mol. The van der Waals surface area contributed by atoms with Gasteiger partial charge < -0.3 is 9.64 Å². The predicted octanol–water partition coefficient (Wildman–Crippen LogP) is 2.85. The summed E-state index contributed by atoms with van der Waals surface area (Å²) in [4.78, 5) is 2.37. The summed E-state index contributed by atoms with van der Waals surface area (Å²) in [5.41, 5.74) is 4.41. The van der Waals surface area contributed by atoms with Crippen LogP contribution in [0.4, 0.5) is 0 Å². The lowest BCUT2D eigenvalue weighted by Gasteiger charge is -2.45. The van der Waals surface area contributed by atoms with Crippen molar-refractivity contribution in [2.75, 3.05) is 21.2 Å². The second-order valence-electron chi connectivity index (χ2n) is 6.29. The lowest BCUT2D eigenvalue weighted by atomic mass is 9.78. The molecule has 1 saturated carbocycles. The van der Waals surface area contributed by atoms with Crippen molar-refractivity contribution >= 4 is 0 Å². The van der Waals surface area contributed by atoms with Crippen molar-refractivity contribution in [2.45, 2.75) is 50.1 Å². The summed E-state index contributed by atoms with van der Waals surface area (Å²) in [6.45, 7) is 0. The number of likely N-dealkylation sites (N-methyl/N-ethyl adjacent to an activating group) is 1. The second-order valence-corrected chi connectivity index (χ2v) is 6.29. The number of nitrogens with zero attached hydrogens (tertiary/aromatic N) is 1. The molecule has 1 unspecified atom stereocenters. The highest BCUT2D eigenvalue weighted by molar-refractivity contribution is 5.31. The van der Waals surface area contributed by atoms with Gasteiger partial charge in [-0.15, -0.1) is 0 Å². The molecule has 3 N–H and O–H groups in total. The molecule has 0 aliphatic heterocycles. The highest BCUT2D eigenvalue weighted by Crippen LogP contribution is 2.41. The second kappa shape index (κ2) is 7.25. The molecular formula is C17H29N3O. The van der Waals surface area contributed by atoms with E-state index < -0.39 is 0 Å². The van der Waals surface area contributed by atoms with Gasteiger partial charge in [0.1, 0.15) is 5.75 Å². The Morgan fingerprint density at radius 2 is 1.67 bits per heavy atom. The first-order valence-corrected chi connectivity index (χ1v) is 7.91. The van der Waals surface area contributed by atoms with Crippen LogP contribution in [-0.2, 0) is 0 Å². The van der Waals surface area contributed by atoms with Gasteiger partial charge in [0.15, 0.2) is 0 Å². The Hall–Kier alpha value is -1.10. The fourth-order valence-corrected chi connectivity index (χ4v) is 3.69. The largest absolute Gasteiger partial charge is 0.497 e. The summed E-state index contributed by atoms with van der Waals surface area (Å²) in [5.74, 6) is 6.86. The lowest BCUT2D eigenvalue weighted by molar-refractivity contribution is 0.0800. The Kier molecular flexibility index (Phi) is 5.62. The van der Waals surface area contributed by atoms with Crippen LogP contribution in [0, 0.1) is 0 Å². The van der Waals surface area contributed by atoms with E-state index in [1.165, 1.54) is 44.1 Å². The first kappa shape index (κ1) is 16.3. The van der Waals surface area contributed by atoms with E-state index in [1.54, 1.807) is 7.11 Å². The summed E-state index contributed by atoms with van der Waals surface area (Å²) < 4.78 is 5.26. The summed E-state index contributed by atoms with van der Waals surface area (Å²) in [6.07, 6.45) is 7.56. The fourth-order valence-electron chi connectivity index (χ4n) is 3.69. The normalized spacial score (nSPS) is 20.0. The molecule has 1 aliphatic carbocycles. The van der Waals surface area contributed by atoms with E-state index in [4.69, 9.17) is 10.6 Å². The lowest BCUT2D eigenvalue weighted by Crippen LogP contribution is -2.55. The van der Waals surface area contributed by atoms with Crippen molar-refractivity contribution in [1.29, 1.82) is 0 Å². The van der Waals surface area contributed by atoms with Gasteiger partial charge in [-0.1, -0.05) is 37.8 Å². The monoisotopic (exact) mass is 291 g/mol. The molecule has 0 aromatic heterocycles. The summed E-state index contributed by atoms with van der Waals surface area (Å²) >= 11 is 0. The Balaban J connectivity index is 2.34. The quantitative estimate of drug-likeness (QED) is 0.497. The predicted molar refractivity (Wildman–Crippen MR) is 87.2 cm³/mol. The molecule has 21 heavy (non-hydrogen) atoms. The number of ether oxygens (including phenoxy) is 1. The third kappa shape index (κ3) is 3.39. The molecule has 1 aliphatic rings. The molecule has 4 nitrogen and oxygen atoms in total. The molecule has 0 radical (unpaired) electrons. The number of benzene rings is 1. The standard InChI is InChI=1S/C17H29N3O/c1-20(2)17(12-6-4-5-7-13-17)16(19-18)14-8-10-15(21-3)11-9-14/h8-11,16,19H,4-7,12-13,18H2,1-3H3. The zero-order chi connectivity index (χ0) is 15.3. The van der Waals surface area contributed by atoms with Crippen LogP contribution in [0.5, 0.6) is 5.75 Å². The van der Waals surface area contributed by atoms with E-state index in [2.05, 4.69) is 36.6 Å². The van der Waals surface area contributed by atoms with Crippen LogP contribution in [-0.4, -0.2) is 31.6 Å². The van der Waals surface area contributed by atoms with E-state index in [0.717, 1.165) is 5.75 Å². The molecule has 1 aromatic rings. The maximum Gasteiger partial charge on any atom is 0.118 e. The Labute approximate surface area is 128 Å². The third-order valence-corrected chi connectivity index (χ3v) is 5.01. The molecule has 4 heteroatoms. The maximum absolute atomic E-state index is 5.97. The van der Waals surface area contributed by atoms with E-state index in [-0.39, 0.29) is 11.6 Å². The molecule has 118 valence electrons. The highest BCUT2D eigenvalue weighted by atomic mass is 16.5. The van der Waals surface area contributed by atoms with Gasteiger partial charge in [0.25, 0.3) is 0 Å². The fraction of sp³-hybridized carbons (Fsp3) is 0.647. The van der Waals surface area contributed by atoms with E-state index in [9.17, 15) is 0 Å². The first-order chi connectivity index (χ1) is 10.1. The number of hydrogen-bond acceptors (Lipinski definition) is 4. The molecule has 2 rings (SSSR count). The van der Waals surface area contributed by atoms with Crippen LogP contribution in [0.1, 0.15) is 50.1 Å². The molecule has 1 atom stereocenters. The van der Waals surface area contributed by atoms with Gasteiger partial charge in [-0.2, -0.15) is 0 Å². The first-order valence-electron chi connectivity index (χ1n) is 7.91. The minimum absolute atomic E-state index is 0.0832. The Morgan fingerprint density at radius 3 is 2.10 bits per heavy atom. The van der Waals surface area contributed by atoms with Gasteiger partial charge in [0, 0.05) is 5.54 Å². The maximum atomic E-state index is 5.97. The molecule has 0 amide bonds. The molecule has 0 bridgehead atoms. The number of methoxy groups -OCH3 is 1. The van der Waals surface area contributed by atoms with E-state index in [0.29, 0.717) is 0 Å². The molecule has 0 heterocycles. The molecule has 0 saturated heterocycles. The average Bonchev–Trinajstić information content (AvgIpc) is 2.76. The van der Waals surface area contributed by atoms with Crippen LogP contribution < -0.4 is 16.0 Å². The smallest absolute Gasteiger partial charge is 0.118 e. The van der Waals surface area contributed by atoms with Gasteiger partial charge >= 0.3 is 0 Å². The zero-order valence-electron chi connectivity index (χ0n) is 13.6. The topological polar surface area (TPSA) is 50.5 Å². The van der Waals surface area contributed by atoms with Crippen LogP contribution in [0.25, 0.3) is 0 Å². The van der Waals surface area contributed by atoms with Crippen molar-refractivity contribution in [1.82, 2.24) is 10.3 Å². The Morgan fingerprint density at radius 1 is 1.10 bits per heavy atom. The average molecular weight is 291 g/mol. The number of nitrogens with two attached hydrogens (primary N) is 1. The summed E-state index contributed by atoms with van der Waals surface area (Å²) in [7, 11) is 6.05. The van der Waals surface area contributed by atoms with Crippen molar-refractivity contribution in [2.24, 2.45) is 5.84 Å². The summed E-state index contributed by atoms with van der Waals surface area (Å²) in [6, 6.07) is 8.41. The molecule has 1 fully saturated rings.